The number of halogens is 1. The Morgan fingerprint density at radius 3 is 2.48 bits per heavy atom. The molecule has 0 saturated heterocycles. The van der Waals surface area contributed by atoms with E-state index in [1.165, 1.54) is 0 Å². The van der Waals surface area contributed by atoms with Gasteiger partial charge in [0, 0.05) is 13.1 Å². The van der Waals surface area contributed by atoms with Gasteiger partial charge in [0.25, 0.3) is 0 Å². The normalized spacial score (nSPS) is 10.2. The maximum atomic E-state index is 8.63. The summed E-state index contributed by atoms with van der Waals surface area (Å²) in [5.74, 6) is 1.46. The minimum atomic E-state index is 0. The van der Waals surface area contributed by atoms with E-state index in [-0.39, 0.29) is 19.0 Å². The predicted octanol–water partition coefficient (Wildman–Crippen LogP) is 2.79. The summed E-state index contributed by atoms with van der Waals surface area (Å²) in [6.45, 7) is 2.98. The summed E-state index contributed by atoms with van der Waals surface area (Å²) in [7, 11) is 1.64. The summed E-state index contributed by atoms with van der Waals surface area (Å²) in [6, 6.07) is 16.0. The van der Waals surface area contributed by atoms with E-state index in [0.29, 0.717) is 19.8 Å². The van der Waals surface area contributed by atoms with Crippen molar-refractivity contribution in [2.75, 3.05) is 33.5 Å². The number of ether oxygens (including phenoxy) is 3. The Bertz CT molecular complexity index is 595. The number of rotatable bonds is 11. The number of nitrogens with one attached hydrogen (secondary N) is 1. The number of benzene rings is 2. The minimum absolute atomic E-state index is 0. The summed E-state index contributed by atoms with van der Waals surface area (Å²) >= 11 is 0. The first-order valence-electron chi connectivity index (χ1n) is 8.06. The van der Waals surface area contributed by atoms with E-state index in [9.17, 15) is 0 Å². The molecule has 2 aromatic rings. The molecule has 25 heavy (non-hydrogen) atoms. The summed E-state index contributed by atoms with van der Waals surface area (Å²) in [4.78, 5) is 0. The van der Waals surface area contributed by atoms with Crippen molar-refractivity contribution in [2.45, 2.75) is 13.2 Å². The highest BCUT2D eigenvalue weighted by molar-refractivity contribution is 5.85. The molecule has 2 aromatic carbocycles. The van der Waals surface area contributed by atoms with E-state index in [1.807, 2.05) is 48.5 Å². The molecule has 5 nitrogen and oxygen atoms in total. The smallest absolute Gasteiger partial charge is 0.161 e. The van der Waals surface area contributed by atoms with Crippen LogP contribution in [0.15, 0.2) is 48.5 Å². The molecule has 0 spiro atoms. The molecule has 0 aromatic heterocycles. The van der Waals surface area contributed by atoms with Gasteiger partial charge in [-0.1, -0.05) is 36.4 Å². The molecular formula is C19H26ClNO4. The molecule has 138 valence electrons. The Balaban J connectivity index is 0.00000312. The molecule has 0 aliphatic carbocycles. The summed E-state index contributed by atoms with van der Waals surface area (Å²) in [5, 5.41) is 11.9. The second-order valence-electron chi connectivity index (χ2n) is 5.27. The van der Waals surface area contributed by atoms with Gasteiger partial charge in [0.15, 0.2) is 11.5 Å². The van der Waals surface area contributed by atoms with Crippen molar-refractivity contribution in [3.63, 3.8) is 0 Å². The molecule has 0 radical (unpaired) electrons. The fourth-order valence-corrected chi connectivity index (χ4v) is 2.22. The van der Waals surface area contributed by atoms with Crippen LogP contribution in [-0.2, 0) is 17.9 Å². The van der Waals surface area contributed by atoms with Crippen molar-refractivity contribution >= 4 is 12.4 Å². The van der Waals surface area contributed by atoms with Crippen LogP contribution in [0.5, 0.6) is 11.5 Å². The van der Waals surface area contributed by atoms with E-state index >= 15 is 0 Å². The molecule has 0 atom stereocenters. The number of aliphatic hydroxyl groups excluding tert-OH is 1. The first-order chi connectivity index (χ1) is 11.8. The highest BCUT2D eigenvalue weighted by Crippen LogP contribution is 2.28. The van der Waals surface area contributed by atoms with Gasteiger partial charge in [0.1, 0.15) is 6.61 Å². The van der Waals surface area contributed by atoms with Gasteiger partial charge in [-0.05, 0) is 23.3 Å². The van der Waals surface area contributed by atoms with Crippen LogP contribution in [0.3, 0.4) is 0 Å². The fourth-order valence-electron chi connectivity index (χ4n) is 2.22. The molecule has 2 rings (SSSR count). The second-order valence-corrected chi connectivity index (χ2v) is 5.27. The van der Waals surface area contributed by atoms with Crippen LogP contribution in [0.1, 0.15) is 11.1 Å². The number of aliphatic hydroxyl groups is 1. The molecule has 0 aliphatic heterocycles. The second kappa shape index (κ2) is 12.6. The number of methoxy groups -OCH3 is 1. The van der Waals surface area contributed by atoms with Gasteiger partial charge in [-0.15, -0.1) is 12.4 Å². The third kappa shape index (κ3) is 7.75. The van der Waals surface area contributed by atoms with Gasteiger partial charge in [0.2, 0.25) is 0 Å². The summed E-state index contributed by atoms with van der Waals surface area (Å²) < 4.78 is 16.5. The molecule has 0 amide bonds. The number of hydrogen-bond donors (Lipinski definition) is 2. The van der Waals surface area contributed by atoms with Gasteiger partial charge in [-0.25, -0.2) is 0 Å². The van der Waals surface area contributed by atoms with Gasteiger partial charge in [-0.3, -0.25) is 0 Å². The van der Waals surface area contributed by atoms with Gasteiger partial charge >= 0.3 is 0 Å². The van der Waals surface area contributed by atoms with Crippen molar-refractivity contribution in [1.82, 2.24) is 5.32 Å². The van der Waals surface area contributed by atoms with Crippen molar-refractivity contribution in [3.8, 4) is 11.5 Å². The Hall–Kier alpha value is -1.79. The van der Waals surface area contributed by atoms with Crippen LogP contribution in [0.2, 0.25) is 0 Å². The van der Waals surface area contributed by atoms with Gasteiger partial charge < -0.3 is 24.6 Å². The van der Waals surface area contributed by atoms with Crippen molar-refractivity contribution in [2.24, 2.45) is 0 Å². The monoisotopic (exact) mass is 367 g/mol. The zero-order chi connectivity index (χ0) is 17.0. The van der Waals surface area contributed by atoms with Crippen LogP contribution < -0.4 is 14.8 Å². The maximum absolute atomic E-state index is 8.63. The molecule has 0 fully saturated rings. The lowest BCUT2D eigenvalue weighted by molar-refractivity contribution is 0.0938. The third-order valence-electron chi connectivity index (χ3n) is 3.45. The number of hydrogen-bond acceptors (Lipinski definition) is 5. The van der Waals surface area contributed by atoms with Crippen LogP contribution in [-0.4, -0.2) is 38.6 Å². The minimum Gasteiger partial charge on any atom is -0.493 e. The van der Waals surface area contributed by atoms with Gasteiger partial charge in [-0.2, -0.15) is 0 Å². The highest BCUT2D eigenvalue weighted by Gasteiger charge is 2.06. The van der Waals surface area contributed by atoms with E-state index < -0.39 is 0 Å². The first-order valence-corrected chi connectivity index (χ1v) is 8.06. The zero-order valence-electron chi connectivity index (χ0n) is 14.4. The molecule has 0 aliphatic rings. The lowest BCUT2D eigenvalue weighted by Crippen LogP contribution is -2.20. The summed E-state index contributed by atoms with van der Waals surface area (Å²) in [5.41, 5.74) is 2.23. The molecule has 0 bridgehead atoms. The third-order valence-corrected chi connectivity index (χ3v) is 3.45. The molecule has 0 unspecified atom stereocenters. The van der Waals surface area contributed by atoms with Gasteiger partial charge in [0.05, 0.1) is 26.9 Å². The van der Waals surface area contributed by atoms with E-state index in [1.54, 1.807) is 7.11 Å². The molecule has 6 heteroatoms. The molecule has 2 N–H and O–H groups in total. The van der Waals surface area contributed by atoms with E-state index in [2.05, 4.69) is 5.32 Å². The molecule has 0 heterocycles. The van der Waals surface area contributed by atoms with Crippen molar-refractivity contribution in [3.05, 3.63) is 59.7 Å². The first kappa shape index (κ1) is 21.3. The largest absolute Gasteiger partial charge is 0.493 e. The fraction of sp³-hybridized carbons (Fsp3) is 0.368. The molecule has 0 saturated carbocycles. The maximum Gasteiger partial charge on any atom is 0.161 e. The summed E-state index contributed by atoms with van der Waals surface area (Å²) in [6.07, 6.45) is 0. The lowest BCUT2D eigenvalue weighted by Gasteiger charge is -2.13. The van der Waals surface area contributed by atoms with E-state index in [4.69, 9.17) is 19.3 Å². The standard InChI is InChI=1S/C19H25NO4.ClH/c1-22-19-13-17(14-20-9-11-23-12-10-21)7-8-18(19)24-15-16-5-3-2-4-6-16;/h2-8,13,20-21H,9-12,14-15H2,1H3;1H. The van der Waals surface area contributed by atoms with Crippen LogP contribution in [0.25, 0.3) is 0 Å². The van der Waals surface area contributed by atoms with Crippen molar-refractivity contribution < 1.29 is 19.3 Å². The van der Waals surface area contributed by atoms with E-state index in [0.717, 1.165) is 35.7 Å². The Morgan fingerprint density at radius 1 is 0.960 bits per heavy atom. The van der Waals surface area contributed by atoms with Crippen LogP contribution in [0, 0.1) is 0 Å². The Labute approximate surface area is 155 Å². The average Bonchev–Trinajstić information content (AvgIpc) is 2.64. The van der Waals surface area contributed by atoms with Crippen LogP contribution in [0.4, 0.5) is 0 Å². The Morgan fingerprint density at radius 2 is 1.76 bits per heavy atom. The SMILES string of the molecule is COc1cc(CNCCOCCO)ccc1OCc1ccccc1.Cl. The zero-order valence-corrected chi connectivity index (χ0v) is 15.3. The van der Waals surface area contributed by atoms with Crippen LogP contribution >= 0.6 is 12.4 Å². The molecular weight excluding hydrogens is 342 g/mol. The average molecular weight is 368 g/mol. The highest BCUT2D eigenvalue weighted by atomic mass is 35.5. The van der Waals surface area contributed by atoms with Crippen molar-refractivity contribution in [1.29, 1.82) is 0 Å². The topological polar surface area (TPSA) is 60.0 Å². The predicted molar refractivity (Wildman–Crippen MR) is 101 cm³/mol. The Kier molecular flexibility index (Phi) is 10.7. The lowest BCUT2D eigenvalue weighted by atomic mass is 10.2. The quantitative estimate of drug-likeness (QED) is 0.598.